The third-order valence-electron chi connectivity index (χ3n) is 4.24. The van der Waals surface area contributed by atoms with Crippen molar-refractivity contribution in [1.82, 2.24) is 4.57 Å². The molecule has 0 aliphatic rings. The lowest BCUT2D eigenvalue weighted by Crippen LogP contribution is -2.25. The summed E-state index contributed by atoms with van der Waals surface area (Å²) in [5.74, 6) is -6.42. The van der Waals surface area contributed by atoms with Gasteiger partial charge in [0.25, 0.3) is 5.56 Å². The molecule has 0 aliphatic heterocycles. The van der Waals surface area contributed by atoms with Crippen molar-refractivity contribution in [2.24, 2.45) is 0 Å². The standard InChI is InChI=1S/C20H14F3NO6/c1-29-18(27)8-24-7-14(10-4-15(21)19(23)16(22)5-10)13-6-11(30-9-17(25)26)2-3-12(13)20(24)28/h2-7H,8-9H2,1H3,(H,25,26). The van der Waals surface area contributed by atoms with E-state index in [4.69, 9.17) is 9.84 Å². The van der Waals surface area contributed by atoms with E-state index in [2.05, 4.69) is 4.74 Å². The number of hydrogen-bond donors (Lipinski definition) is 1. The second-order valence-electron chi connectivity index (χ2n) is 6.20. The number of nitrogens with zero attached hydrogens (tertiary/aromatic N) is 1. The van der Waals surface area contributed by atoms with Gasteiger partial charge < -0.3 is 19.1 Å². The van der Waals surface area contributed by atoms with E-state index in [9.17, 15) is 27.6 Å². The fraction of sp³-hybridized carbons (Fsp3) is 0.150. The highest BCUT2D eigenvalue weighted by molar-refractivity contribution is 5.97. The predicted molar refractivity (Wildman–Crippen MR) is 98.7 cm³/mol. The maximum absolute atomic E-state index is 13.8. The van der Waals surface area contributed by atoms with Crippen molar-refractivity contribution >= 4 is 22.7 Å². The maximum Gasteiger partial charge on any atom is 0.341 e. The van der Waals surface area contributed by atoms with Crippen LogP contribution in [-0.2, 0) is 20.9 Å². The number of ether oxygens (including phenoxy) is 2. The molecule has 3 rings (SSSR count). The zero-order valence-corrected chi connectivity index (χ0v) is 15.4. The monoisotopic (exact) mass is 421 g/mol. The van der Waals surface area contributed by atoms with Gasteiger partial charge in [0.05, 0.1) is 7.11 Å². The van der Waals surface area contributed by atoms with Crippen LogP contribution in [0.5, 0.6) is 5.75 Å². The number of hydrogen-bond acceptors (Lipinski definition) is 5. The van der Waals surface area contributed by atoms with Gasteiger partial charge in [-0.3, -0.25) is 9.59 Å². The number of aromatic nitrogens is 1. The number of rotatable bonds is 6. The molecule has 3 aromatic rings. The van der Waals surface area contributed by atoms with Crippen LogP contribution in [0.25, 0.3) is 21.9 Å². The van der Waals surface area contributed by atoms with Gasteiger partial charge in [-0.1, -0.05) is 0 Å². The van der Waals surface area contributed by atoms with Gasteiger partial charge in [-0.2, -0.15) is 0 Å². The number of aliphatic carboxylic acids is 1. The molecule has 156 valence electrons. The molecular weight excluding hydrogens is 407 g/mol. The summed E-state index contributed by atoms with van der Waals surface area (Å²) in [7, 11) is 1.13. The summed E-state index contributed by atoms with van der Waals surface area (Å²) >= 11 is 0. The smallest absolute Gasteiger partial charge is 0.341 e. The quantitative estimate of drug-likeness (QED) is 0.486. The minimum absolute atomic E-state index is 0.0595. The predicted octanol–water partition coefficient (Wildman–Crippen LogP) is 2.72. The summed E-state index contributed by atoms with van der Waals surface area (Å²) in [6.07, 6.45) is 1.18. The summed E-state index contributed by atoms with van der Waals surface area (Å²) in [6, 6.07) is 5.46. The number of carbonyl (C=O) groups excluding carboxylic acids is 1. The minimum atomic E-state index is -1.66. The molecule has 1 aromatic heterocycles. The summed E-state index contributed by atoms with van der Waals surface area (Å²) in [5.41, 5.74) is -0.621. The molecule has 0 amide bonds. The van der Waals surface area contributed by atoms with Gasteiger partial charge in [-0.15, -0.1) is 0 Å². The number of esters is 1. The molecule has 0 unspecified atom stereocenters. The first-order valence-electron chi connectivity index (χ1n) is 8.44. The third-order valence-corrected chi connectivity index (χ3v) is 4.24. The Morgan fingerprint density at radius 2 is 1.73 bits per heavy atom. The molecule has 1 N–H and O–H groups in total. The van der Waals surface area contributed by atoms with Crippen LogP contribution in [0.1, 0.15) is 0 Å². The highest BCUT2D eigenvalue weighted by atomic mass is 19.2. The first-order valence-corrected chi connectivity index (χ1v) is 8.44. The van der Waals surface area contributed by atoms with Crippen LogP contribution in [0.4, 0.5) is 13.2 Å². The second kappa shape index (κ2) is 8.27. The molecule has 0 saturated heterocycles. The highest BCUT2D eigenvalue weighted by Gasteiger charge is 2.17. The van der Waals surface area contributed by atoms with Crippen LogP contribution in [0.15, 0.2) is 41.3 Å². The van der Waals surface area contributed by atoms with Gasteiger partial charge in [0.2, 0.25) is 0 Å². The molecule has 1 heterocycles. The van der Waals surface area contributed by atoms with Gasteiger partial charge in [-0.25, -0.2) is 18.0 Å². The first kappa shape index (κ1) is 20.9. The van der Waals surface area contributed by atoms with Crippen LogP contribution < -0.4 is 10.3 Å². The Bertz CT molecular complexity index is 1200. The normalized spacial score (nSPS) is 10.8. The molecular formula is C20H14F3NO6. The zero-order chi connectivity index (χ0) is 22.0. The van der Waals surface area contributed by atoms with Crippen molar-refractivity contribution in [1.29, 1.82) is 0 Å². The molecule has 0 aliphatic carbocycles. The fourth-order valence-electron chi connectivity index (χ4n) is 2.87. The number of carboxylic acid groups (broad SMARTS) is 1. The minimum Gasteiger partial charge on any atom is -0.482 e. The largest absolute Gasteiger partial charge is 0.482 e. The van der Waals surface area contributed by atoms with Crippen molar-refractivity contribution < 1.29 is 37.3 Å². The van der Waals surface area contributed by atoms with Crippen LogP contribution in [0, 0.1) is 17.5 Å². The third kappa shape index (κ3) is 4.12. The van der Waals surface area contributed by atoms with Gasteiger partial charge in [0, 0.05) is 22.5 Å². The molecule has 2 aromatic carbocycles. The Morgan fingerprint density at radius 3 is 2.33 bits per heavy atom. The average molecular weight is 421 g/mol. The van der Waals surface area contributed by atoms with E-state index in [-0.39, 0.29) is 27.6 Å². The van der Waals surface area contributed by atoms with Crippen molar-refractivity contribution in [3.63, 3.8) is 0 Å². The van der Waals surface area contributed by atoms with E-state index in [0.717, 1.165) is 23.8 Å². The van der Waals surface area contributed by atoms with Crippen molar-refractivity contribution in [2.45, 2.75) is 6.54 Å². The lowest BCUT2D eigenvalue weighted by molar-refractivity contribution is -0.141. The van der Waals surface area contributed by atoms with E-state index >= 15 is 0 Å². The van der Waals surface area contributed by atoms with Gasteiger partial charge >= 0.3 is 11.9 Å². The van der Waals surface area contributed by atoms with E-state index in [1.165, 1.54) is 24.4 Å². The Balaban J connectivity index is 2.28. The molecule has 0 atom stereocenters. The van der Waals surface area contributed by atoms with Crippen LogP contribution in [0.3, 0.4) is 0 Å². The van der Waals surface area contributed by atoms with Crippen molar-refractivity contribution in [3.8, 4) is 16.9 Å². The zero-order valence-electron chi connectivity index (χ0n) is 15.4. The number of carboxylic acids is 1. The Kier molecular flexibility index (Phi) is 5.77. The summed E-state index contributed by atoms with van der Waals surface area (Å²) in [5, 5.41) is 8.98. The van der Waals surface area contributed by atoms with E-state index < -0.39 is 48.1 Å². The van der Waals surface area contributed by atoms with E-state index in [1.54, 1.807) is 0 Å². The van der Waals surface area contributed by atoms with E-state index in [0.29, 0.717) is 0 Å². The molecule has 7 nitrogen and oxygen atoms in total. The van der Waals surface area contributed by atoms with Crippen LogP contribution in [0.2, 0.25) is 0 Å². The molecule has 30 heavy (non-hydrogen) atoms. The lowest BCUT2D eigenvalue weighted by atomic mass is 10.00. The van der Waals surface area contributed by atoms with Gasteiger partial charge in [0.1, 0.15) is 12.3 Å². The fourth-order valence-corrected chi connectivity index (χ4v) is 2.87. The number of fused-ring (bicyclic) bond motifs is 1. The van der Waals surface area contributed by atoms with E-state index in [1.807, 2.05) is 0 Å². The summed E-state index contributed by atoms with van der Waals surface area (Å²) in [4.78, 5) is 35.1. The topological polar surface area (TPSA) is 94.8 Å². The summed E-state index contributed by atoms with van der Waals surface area (Å²) in [6.45, 7) is -1.12. The average Bonchev–Trinajstić information content (AvgIpc) is 2.71. The van der Waals surface area contributed by atoms with Crippen LogP contribution >= 0.6 is 0 Å². The molecule has 0 fully saturated rings. The second-order valence-corrected chi connectivity index (χ2v) is 6.20. The first-order chi connectivity index (χ1) is 14.2. The highest BCUT2D eigenvalue weighted by Crippen LogP contribution is 2.31. The Labute approximate surface area is 166 Å². The molecule has 10 heteroatoms. The number of benzene rings is 2. The molecule has 0 saturated carbocycles. The number of methoxy groups -OCH3 is 1. The molecule has 0 spiro atoms. The number of pyridine rings is 1. The van der Waals surface area contributed by atoms with Crippen molar-refractivity contribution in [2.75, 3.05) is 13.7 Å². The SMILES string of the molecule is COC(=O)Cn1cc(-c2cc(F)c(F)c(F)c2)c2cc(OCC(=O)O)ccc2c1=O. The number of carbonyl (C=O) groups is 2. The lowest BCUT2D eigenvalue weighted by Gasteiger charge is -2.14. The summed E-state index contributed by atoms with van der Waals surface area (Å²) < 4.78 is 51.7. The maximum atomic E-state index is 13.8. The van der Waals surface area contributed by atoms with Crippen LogP contribution in [-0.4, -0.2) is 35.3 Å². The molecule has 0 bridgehead atoms. The number of halogens is 3. The Hall–Kier alpha value is -3.82. The Morgan fingerprint density at radius 1 is 1.07 bits per heavy atom. The van der Waals surface area contributed by atoms with Crippen molar-refractivity contribution in [3.05, 3.63) is 64.3 Å². The van der Waals surface area contributed by atoms with Gasteiger partial charge in [0.15, 0.2) is 24.1 Å². The van der Waals surface area contributed by atoms with Gasteiger partial charge in [-0.05, 0) is 35.9 Å². The molecule has 0 radical (unpaired) electrons.